The van der Waals surface area contributed by atoms with Gasteiger partial charge in [0, 0.05) is 0 Å². The van der Waals surface area contributed by atoms with Crippen LogP contribution in [-0.2, 0) is 9.59 Å². The number of nitrogens with one attached hydrogen (secondary N) is 1. The molecule has 0 bridgehead atoms. The molecule has 0 aromatic heterocycles. The van der Waals surface area contributed by atoms with E-state index in [9.17, 15) is 9.59 Å². The molecule has 0 saturated carbocycles. The molecular weight excluding hydrogens is 198 g/mol. The van der Waals surface area contributed by atoms with Gasteiger partial charge >= 0.3 is 0 Å². The summed E-state index contributed by atoms with van der Waals surface area (Å²) >= 11 is 0. The van der Waals surface area contributed by atoms with E-state index in [1.54, 1.807) is 0 Å². The number of amides is 2. The zero-order valence-electron chi connectivity index (χ0n) is 9.06. The molecule has 2 amide bonds. The normalized spacial score (nSPS) is 16.5. The Morgan fingerprint density at radius 2 is 2.00 bits per heavy atom. The Kier molecular flexibility index (Phi) is 5.88. The minimum atomic E-state index is -1.06. The van der Waals surface area contributed by atoms with Gasteiger partial charge in [-0.1, -0.05) is 20.3 Å². The number of nitrogens with two attached hydrogens (primary N) is 2. The number of carbonyl (C=O) groups excluding carboxylic acids is 2. The second kappa shape index (κ2) is 6.36. The summed E-state index contributed by atoms with van der Waals surface area (Å²) in [4.78, 5) is 22.2. The van der Waals surface area contributed by atoms with E-state index in [2.05, 4.69) is 5.32 Å². The zero-order chi connectivity index (χ0) is 12.0. The van der Waals surface area contributed by atoms with E-state index in [1.807, 2.05) is 13.8 Å². The molecule has 0 fully saturated rings. The summed E-state index contributed by atoms with van der Waals surface area (Å²) in [7, 11) is 0. The summed E-state index contributed by atoms with van der Waals surface area (Å²) in [6, 6.07) is -1.75. The maximum Gasteiger partial charge on any atom is 0.242 e. The largest absolute Gasteiger partial charge is 0.394 e. The number of aliphatic hydroxyl groups excluding tert-OH is 1. The standard InChI is InChI=1S/C9H19N3O3/c1-3-5(2)7(10)9(15)12-6(4-13)8(11)14/h5-7,13H,3-4,10H2,1-2H3,(H2,11,14)(H,12,15). The van der Waals surface area contributed by atoms with Gasteiger partial charge in [-0.05, 0) is 5.92 Å². The fraction of sp³-hybridized carbons (Fsp3) is 0.778. The van der Waals surface area contributed by atoms with Gasteiger partial charge in [0.2, 0.25) is 11.8 Å². The third kappa shape index (κ3) is 4.26. The van der Waals surface area contributed by atoms with Gasteiger partial charge in [0.15, 0.2) is 0 Å². The van der Waals surface area contributed by atoms with Crippen LogP contribution in [0.3, 0.4) is 0 Å². The van der Waals surface area contributed by atoms with Crippen LogP contribution in [0.2, 0.25) is 0 Å². The highest BCUT2D eigenvalue weighted by Gasteiger charge is 2.23. The van der Waals surface area contributed by atoms with E-state index in [0.717, 1.165) is 6.42 Å². The Morgan fingerprint density at radius 3 is 2.33 bits per heavy atom. The fourth-order valence-corrected chi connectivity index (χ4v) is 0.987. The van der Waals surface area contributed by atoms with E-state index in [1.165, 1.54) is 0 Å². The van der Waals surface area contributed by atoms with Crippen molar-refractivity contribution in [3.63, 3.8) is 0 Å². The summed E-state index contributed by atoms with van der Waals surface area (Å²) in [5.74, 6) is -1.23. The Hall–Kier alpha value is -1.14. The van der Waals surface area contributed by atoms with Crippen LogP contribution in [0.25, 0.3) is 0 Å². The lowest BCUT2D eigenvalue weighted by atomic mass is 9.99. The van der Waals surface area contributed by atoms with Crippen molar-refractivity contribution in [2.75, 3.05) is 6.61 Å². The number of primary amides is 1. The first-order chi connectivity index (χ1) is 6.93. The van der Waals surface area contributed by atoms with Crippen LogP contribution in [-0.4, -0.2) is 35.6 Å². The highest BCUT2D eigenvalue weighted by atomic mass is 16.3. The third-order valence-corrected chi connectivity index (χ3v) is 2.40. The summed E-state index contributed by atoms with van der Waals surface area (Å²) in [5.41, 5.74) is 10.6. The van der Waals surface area contributed by atoms with Crippen LogP contribution in [0, 0.1) is 5.92 Å². The smallest absolute Gasteiger partial charge is 0.242 e. The van der Waals surface area contributed by atoms with Crippen LogP contribution < -0.4 is 16.8 Å². The highest BCUT2D eigenvalue weighted by molar-refractivity contribution is 5.89. The van der Waals surface area contributed by atoms with Crippen molar-refractivity contribution in [1.29, 1.82) is 0 Å². The molecule has 3 unspecified atom stereocenters. The van der Waals surface area contributed by atoms with E-state index < -0.39 is 30.5 Å². The van der Waals surface area contributed by atoms with Crippen LogP contribution in [0.1, 0.15) is 20.3 Å². The molecule has 0 aromatic carbocycles. The molecule has 6 N–H and O–H groups in total. The molecule has 3 atom stereocenters. The van der Waals surface area contributed by atoms with Crippen molar-refractivity contribution in [2.45, 2.75) is 32.4 Å². The monoisotopic (exact) mass is 217 g/mol. The number of carbonyl (C=O) groups is 2. The minimum Gasteiger partial charge on any atom is -0.394 e. The quantitative estimate of drug-likeness (QED) is 0.425. The van der Waals surface area contributed by atoms with Crippen molar-refractivity contribution < 1.29 is 14.7 Å². The zero-order valence-corrected chi connectivity index (χ0v) is 9.06. The van der Waals surface area contributed by atoms with Gasteiger partial charge in [0.25, 0.3) is 0 Å². The van der Waals surface area contributed by atoms with E-state index >= 15 is 0 Å². The molecule has 0 rings (SSSR count). The summed E-state index contributed by atoms with van der Waals surface area (Å²) in [6.07, 6.45) is 0.759. The summed E-state index contributed by atoms with van der Waals surface area (Å²) < 4.78 is 0. The van der Waals surface area contributed by atoms with Crippen LogP contribution in [0.15, 0.2) is 0 Å². The molecule has 15 heavy (non-hydrogen) atoms. The minimum absolute atomic E-state index is 0.0113. The molecule has 0 heterocycles. The molecular formula is C9H19N3O3. The summed E-state index contributed by atoms with van der Waals surface area (Å²) in [6.45, 7) is 3.23. The number of hydrogen-bond donors (Lipinski definition) is 4. The predicted molar refractivity (Wildman–Crippen MR) is 55.6 cm³/mol. The predicted octanol–water partition coefficient (Wildman–Crippen LogP) is -1.68. The maximum atomic E-state index is 11.5. The molecule has 0 radical (unpaired) electrons. The van der Waals surface area contributed by atoms with Crippen LogP contribution >= 0.6 is 0 Å². The first-order valence-corrected chi connectivity index (χ1v) is 4.90. The average molecular weight is 217 g/mol. The molecule has 88 valence electrons. The van der Waals surface area contributed by atoms with E-state index in [4.69, 9.17) is 16.6 Å². The fourth-order valence-electron chi connectivity index (χ4n) is 0.987. The molecule has 6 nitrogen and oxygen atoms in total. The Labute approximate surface area is 89.0 Å². The topological polar surface area (TPSA) is 118 Å². The van der Waals surface area contributed by atoms with Gasteiger partial charge < -0.3 is 21.9 Å². The van der Waals surface area contributed by atoms with Crippen molar-refractivity contribution >= 4 is 11.8 Å². The second-order valence-electron chi connectivity index (χ2n) is 3.56. The van der Waals surface area contributed by atoms with E-state index in [0.29, 0.717) is 0 Å². The first kappa shape index (κ1) is 13.9. The number of rotatable bonds is 6. The van der Waals surface area contributed by atoms with Gasteiger partial charge in [0.1, 0.15) is 6.04 Å². The molecule has 0 aliphatic rings. The van der Waals surface area contributed by atoms with Gasteiger partial charge in [-0.2, -0.15) is 0 Å². The summed E-state index contributed by atoms with van der Waals surface area (Å²) in [5, 5.41) is 11.1. The molecule has 0 saturated heterocycles. The Balaban J connectivity index is 4.28. The SMILES string of the molecule is CCC(C)C(N)C(=O)NC(CO)C(N)=O. The molecule has 0 aliphatic carbocycles. The first-order valence-electron chi connectivity index (χ1n) is 4.90. The van der Waals surface area contributed by atoms with Crippen molar-refractivity contribution in [3.05, 3.63) is 0 Å². The maximum absolute atomic E-state index is 11.5. The molecule has 0 aromatic rings. The lowest BCUT2D eigenvalue weighted by Crippen LogP contribution is -2.53. The third-order valence-electron chi connectivity index (χ3n) is 2.40. The Bertz CT molecular complexity index is 233. The molecule has 0 aliphatic heterocycles. The van der Waals surface area contributed by atoms with Crippen molar-refractivity contribution in [1.82, 2.24) is 5.32 Å². The number of aliphatic hydroxyl groups is 1. The van der Waals surface area contributed by atoms with Gasteiger partial charge in [-0.3, -0.25) is 9.59 Å². The highest BCUT2D eigenvalue weighted by Crippen LogP contribution is 2.05. The van der Waals surface area contributed by atoms with E-state index in [-0.39, 0.29) is 5.92 Å². The molecule has 6 heteroatoms. The van der Waals surface area contributed by atoms with Gasteiger partial charge in [0.05, 0.1) is 12.6 Å². The second-order valence-corrected chi connectivity index (χ2v) is 3.56. The lowest BCUT2D eigenvalue weighted by molar-refractivity contribution is -0.129. The van der Waals surface area contributed by atoms with Gasteiger partial charge in [-0.25, -0.2) is 0 Å². The Morgan fingerprint density at radius 1 is 1.47 bits per heavy atom. The van der Waals surface area contributed by atoms with Crippen molar-refractivity contribution in [2.24, 2.45) is 17.4 Å². The average Bonchev–Trinajstić information content (AvgIpc) is 2.22. The number of hydrogen-bond acceptors (Lipinski definition) is 4. The van der Waals surface area contributed by atoms with Crippen molar-refractivity contribution in [3.8, 4) is 0 Å². The van der Waals surface area contributed by atoms with Crippen LogP contribution in [0.4, 0.5) is 0 Å². The molecule has 0 spiro atoms. The van der Waals surface area contributed by atoms with Gasteiger partial charge in [-0.15, -0.1) is 0 Å². The lowest BCUT2D eigenvalue weighted by Gasteiger charge is -2.20. The van der Waals surface area contributed by atoms with Crippen LogP contribution in [0.5, 0.6) is 0 Å².